The highest BCUT2D eigenvalue weighted by molar-refractivity contribution is 7.47. The monoisotopic (exact) mass is 1410 g/mol. The standard InChI is InChI=1S/C77H150O17P2/c1-9-70(8)56-48-40-31-25-21-16-14-12-10-11-13-15-17-22-26-32-43-51-59-77(82)94-73(64-88-75(80)58-50-42-36-35-39-47-55-69(6)7)66-92-96(85,86)90-62-71(78)61-89-95(83,84)91-65-72(63-87-74(79)57-49-41-34-28-30-38-46-54-68(4)5)93-76(81)60-52-44-33-27-23-19-18-20-24-29-37-45-53-67(2)3/h67-73,78H,9-66H2,1-8H3,(H,83,84)(H,85,86)/t70?,71-,72-,73-/m1/s1. The zero-order valence-electron chi connectivity index (χ0n) is 63.0. The number of hydrogen-bond donors (Lipinski definition) is 3. The summed E-state index contributed by atoms with van der Waals surface area (Å²) in [7, 11) is -9.91. The fourth-order valence-corrected chi connectivity index (χ4v) is 13.3. The van der Waals surface area contributed by atoms with E-state index < -0.39 is 97.5 Å². The predicted octanol–water partition coefficient (Wildman–Crippen LogP) is 22.4. The molecule has 19 heteroatoms. The van der Waals surface area contributed by atoms with Crippen molar-refractivity contribution < 1.29 is 80.2 Å². The molecule has 0 aromatic rings. The molecule has 0 aliphatic rings. The van der Waals surface area contributed by atoms with E-state index in [4.69, 9.17) is 37.0 Å². The lowest BCUT2D eigenvalue weighted by Crippen LogP contribution is -2.30. The topological polar surface area (TPSA) is 237 Å². The van der Waals surface area contributed by atoms with Gasteiger partial charge < -0.3 is 33.8 Å². The Morgan fingerprint density at radius 1 is 0.292 bits per heavy atom. The minimum atomic E-state index is -4.96. The smallest absolute Gasteiger partial charge is 0.462 e. The fourth-order valence-electron chi connectivity index (χ4n) is 11.7. The van der Waals surface area contributed by atoms with E-state index in [0.717, 1.165) is 115 Å². The van der Waals surface area contributed by atoms with Crippen LogP contribution in [0.2, 0.25) is 0 Å². The summed E-state index contributed by atoms with van der Waals surface area (Å²) in [6, 6.07) is 0. The van der Waals surface area contributed by atoms with Crippen LogP contribution in [0.3, 0.4) is 0 Å². The molecule has 6 atom stereocenters. The predicted molar refractivity (Wildman–Crippen MR) is 391 cm³/mol. The van der Waals surface area contributed by atoms with E-state index in [-0.39, 0.29) is 25.7 Å². The van der Waals surface area contributed by atoms with Gasteiger partial charge in [0.25, 0.3) is 0 Å². The van der Waals surface area contributed by atoms with Gasteiger partial charge in [0.15, 0.2) is 12.2 Å². The van der Waals surface area contributed by atoms with Crippen molar-refractivity contribution in [3.8, 4) is 0 Å². The Labute approximate surface area is 588 Å². The Morgan fingerprint density at radius 3 is 0.740 bits per heavy atom. The molecule has 0 bridgehead atoms. The summed E-state index contributed by atoms with van der Waals surface area (Å²) < 4.78 is 68.5. The van der Waals surface area contributed by atoms with E-state index >= 15 is 0 Å². The summed E-state index contributed by atoms with van der Waals surface area (Å²) in [5, 5.41) is 10.6. The number of carbonyl (C=O) groups is 4. The quantitative estimate of drug-likeness (QED) is 0.0222. The minimum absolute atomic E-state index is 0.106. The molecule has 0 radical (unpaired) electrons. The normalized spacial score (nSPS) is 14.4. The molecule has 570 valence electrons. The van der Waals surface area contributed by atoms with Crippen molar-refractivity contribution in [2.24, 2.45) is 23.7 Å². The summed E-state index contributed by atoms with van der Waals surface area (Å²) in [4.78, 5) is 72.7. The van der Waals surface area contributed by atoms with Crippen LogP contribution >= 0.6 is 15.6 Å². The highest BCUT2D eigenvalue weighted by Gasteiger charge is 2.30. The number of esters is 4. The van der Waals surface area contributed by atoms with Crippen LogP contribution in [0.5, 0.6) is 0 Å². The van der Waals surface area contributed by atoms with Crippen molar-refractivity contribution in [2.75, 3.05) is 39.6 Å². The van der Waals surface area contributed by atoms with Crippen molar-refractivity contribution in [2.45, 2.75) is 408 Å². The minimum Gasteiger partial charge on any atom is -0.462 e. The summed E-state index contributed by atoms with van der Waals surface area (Å²) in [5.41, 5.74) is 0. The SMILES string of the molecule is CCC(C)CCCCCCCCCCCCCCCCCCCCC(=O)O[C@H](COC(=O)CCCCCCCCC(C)C)COP(=O)(O)OC[C@H](O)COP(=O)(O)OC[C@@H](COC(=O)CCCCCCCCCC(C)C)OC(=O)CCCCCCCCCCCCCCC(C)C. The van der Waals surface area contributed by atoms with Gasteiger partial charge in [0, 0.05) is 25.7 Å². The third kappa shape index (κ3) is 69.2. The molecule has 3 N–H and O–H groups in total. The van der Waals surface area contributed by atoms with Crippen molar-refractivity contribution in [1.29, 1.82) is 0 Å². The average Bonchev–Trinajstić information content (AvgIpc) is 1.60. The number of ether oxygens (including phenoxy) is 4. The molecular formula is C77H150O17P2. The highest BCUT2D eigenvalue weighted by atomic mass is 31.2. The molecule has 0 aliphatic carbocycles. The molecule has 0 aromatic carbocycles. The van der Waals surface area contributed by atoms with Gasteiger partial charge >= 0.3 is 39.5 Å². The van der Waals surface area contributed by atoms with Gasteiger partial charge in [0.1, 0.15) is 19.3 Å². The first-order chi connectivity index (χ1) is 46.1. The van der Waals surface area contributed by atoms with E-state index in [1.54, 1.807) is 0 Å². The summed E-state index contributed by atoms with van der Waals surface area (Å²) in [6.07, 6.45) is 51.7. The summed E-state index contributed by atoms with van der Waals surface area (Å²) >= 11 is 0. The largest absolute Gasteiger partial charge is 0.472 e. The number of carbonyl (C=O) groups excluding carboxylic acids is 4. The molecule has 17 nitrogen and oxygen atoms in total. The van der Waals surface area contributed by atoms with Crippen LogP contribution < -0.4 is 0 Å². The zero-order valence-corrected chi connectivity index (χ0v) is 64.8. The lowest BCUT2D eigenvalue weighted by molar-refractivity contribution is -0.161. The second-order valence-electron chi connectivity index (χ2n) is 29.4. The molecule has 0 amide bonds. The molecule has 0 rings (SSSR count). The molecule has 0 fully saturated rings. The van der Waals surface area contributed by atoms with Crippen LogP contribution in [0.15, 0.2) is 0 Å². The Balaban J connectivity index is 5.15. The number of aliphatic hydroxyl groups is 1. The maximum atomic E-state index is 13.1. The van der Waals surface area contributed by atoms with Gasteiger partial charge in [-0.1, -0.05) is 338 Å². The third-order valence-electron chi connectivity index (χ3n) is 18.2. The van der Waals surface area contributed by atoms with Gasteiger partial charge in [0.05, 0.1) is 26.4 Å². The van der Waals surface area contributed by atoms with E-state index in [1.807, 2.05) is 0 Å². The van der Waals surface area contributed by atoms with E-state index in [1.165, 1.54) is 180 Å². The second kappa shape index (κ2) is 66.3. The summed E-state index contributed by atoms with van der Waals surface area (Å²) in [6.45, 7) is 14.1. The molecule has 0 saturated carbocycles. The molecule has 0 heterocycles. The number of hydrogen-bond acceptors (Lipinski definition) is 15. The Kier molecular flexibility index (Phi) is 65.0. The number of rotatable bonds is 74. The van der Waals surface area contributed by atoms with Gasteiger partial charge in [-0.15, -0.1) is 0 Å². The zero-order chi connectivity index (χ0) is 71.0. The molecule has 96 heavy (non-hydrogen) atoms. The van der Waals surface area contributed by atoms with Crippen molar-refractivity contribution >= 4 is 39.5 Å². The van der Waals surface area contributed by atoms with Crippen LogP contribution in [-0.2, 0) is 65.4 Å². The lowest BCUT2D eigenvalue weighted by atomic mass is 9.99. The van der Waals surface area contributed by atoms with E-state index in [9.17, 15) is 43.2 Å². The number of phosphoric acid groups is 2. The van der Waals surface area contributed by atoms with Crippen molar-refractivity contribution in [3.05, 3.63) is 0 Å². The molecule has 3 unspecified atom stereocenters. The molecular weight excluding hydrogens is 1260 g/mol. The second-order valence-corrected chi connectivity index (χ2v) is 32.3. The Bertz CT molecular complexity index is 1890. The Hall–Kier alpha value is -1.94. The maximum Gasteiger partial charge on any atom is 0.472 e. The number of aliphatic hydroxyl groups excluding tert-OH is 1. The maximum absolute atomic E-state index is 13.1. The first-order valence-electron chi connectivity index (χ1n) is 39.7. The van der Waals surface area contributed by atoms with Gasteiger partial charge in [-0.05, 0) is 49.4 Å². The Morgan fingerprint density at radius 2 is 0.500 bits per heavy atom. The third-order valence-corrected chi connectivity index (χ3v) is 20.1. The van der Waals surface area contributed by atoms with Crippen LogP contribution in [0.1, 0.15) is 389 Å². The molecule has 0 aromatic heterocycles. The highest BCUT2D eigenvalue weighted by Crippen LogP contribution is 2.45. The summed E-state index contributed by atoms with van der Waals surface area (Å²) in [5.74, 6) is 0.908. The van der Waals surface area contributed by atoms with Crippen LogP contribution in [-0.4, -0.2) is 96.7 Å². The first kappa shape index (κ1) is 94.1. The van der Waals surface area contributed by atoms with Gasteiger partial charge in [0.2, 0.25) is 0 Å². The van der Waals surface area contributed by atoms with E-state index in [0.29, 0.717) is 37.5 Å². The number of phosphoric ester groups is 2. The fraction of sp³-hybridized carbons (Fsp3) is 0.948. The molecule has 0 saturated heterocycles. The first-order valence-corrected chi connectivity index (χ1v) is 42.7. The van der Waals surface area contributed by atoms with Crippen LogP contribution in [0.4, 0.5) is 0 Å². The van der Waals surface area contributed by atoms with Gasteiger partial charge in [-0.3, -0.25) is 37.3 Å². The lowest BCUT2D eigenvalue weighted by Gasteiger charge is -2.21. The van der Waals surface area contributed by atoms with Crippen molar-refractivity contribution in [3.63, 3.8) is 0 Å². The van der Waals surface area contributed by atoms with E-state index in [2.05, 4.69) is 55.4 Å². The molecule has 0 aliphatic heterocycles. The number of unbranched alkanes of at least 4 members (excludes halogenated alkanes) is 39. The average molecular weight is 1410 g/mol. The van der Waals surface area contributed by atoms with Crippen molar-refractivity contribution in [1.82, 2.24) is 0 Å². The van der Waals surface area contributed by atoms with Gasteiger partial charge in [-0.25, -0.2) is 9.13 Å². The molecule has 0 spiro atoms. The van der Waals surface area contributed by atoms with Crippen LogP contribution in [0, 0.1) is 23.7 Å². The van der Waals surface area contributed by atoms with Gasteiger partial charge in [-0.2, -0.15) is 0 Å². The van der Waals surface area contributed by atoms with Crippen LogP contribution in [0.25, 0.3) is 0 Å².